The first-order valence-corrected chi connectivity index (χ1v) is 12.3. The fraction of sp³-hybridized carbons (Fsp3) is 0.407. The molecule has 2 aromatic rings. The fourth-order valence-corrected chi connectivity index (χ4v) is 5.12. The minimum atomic E-state index is -0.589. The van der Waals surface area contributed by atoms with Crippen LogP contribution in [0.3, 0.4) is 0 Å². The van der Waals surface area contributed by atoms with Crippen LogP contribution in [-0.4, -0.2) is 103 Å². The van der Waals surface area contributed by atoms with E-state index in [9.17, 15) is 9.59 Å². The fourth-order valence-electron chi connectivity index (χ4n) is 5.12. The quantitative estimate of drug-likeness (QED) is 0.581. The number of imide groups is 1. The summed E-state index contributed by atoms with van der Waals surface area (Å²) in [6.45, 7) is 6.81. The Hall–Kier alpha value is -3.72. The van der Waals surface area contributed by atoms with Crippen molar-refractivity contribution in [1.82, 2.24) is 14.7 Å². The second-order valence-electron chi connectivity index (χ2n) is 9.61. The van der Waals surface area contributed by atoms with Crippen LogP contribution < -0.4 is 9.64 Å². The highest BCUT2D eigenvalue weighted by Crippen LogP contribution is 2.23. The molecule has 1 atom stereocenters. The number of fused-ring (bicyclic) bond motifs is 1. The second kappa shape index (κ2) is 9.73. The van der Waals surface area contributed by atoms with Crippen LogP contribution in [0.4, 0.5) is 10.5 Å². The second-order valence-corrected chi connectivity index (χ2v) is 9.61. The van der Waals surface area contributed by atoms with Gasteiger partial charge in [-0.3, -0.25) is 19.5 Å². The molecule has 0 aromatic heterocycles. The van der Waals surface area contributed by atoms with Crippen LogP contribution in [0.1, 0.15) is 11.1 Å². The van der Waals surface area contributed by atoms with Crippen molar-refractivity contribution in [1.29, 1.82) is 0 Å². The molecule has 5 rings (SSSR count). The summed E-state index contributed by atoms with van der Waals surface area (Å²) in [7, 11) is 4.91. The van der Waals surface area contributed by atoms with Gasteiger partial charge in [-0.15, -0.1) is 0 Å². The average Bonchev–Trinajstić information content (AvgIpc) is 3.24. The number of carbonyl (C=O) groups is 2. The van der Waals surface area contributed by atoms with Gasteiger partial charge in [-0.25, -0.2) is 9.37 Å². The molecule has 2 saturated heterocycles. The minimum absolute atomic E-state index is 0.233. The summed E-state index contributed by atoms with van der Waals surface area (Å²) in [4.78, 5) is 38.1. The van der Waals surface area contributed by atoms with Crippen molar-refractivity contribution in [2.45, 2.75) is 19.5 Å². The van der Waals surface area contributed by atoms with Gasteiger partial charge < -0.3 is 9.64 Å². The van der Waals surface area contributed by atoms with Crippen LogP contribution in [0.2, 0.25) is 0 Å². The van der Waals surface area contributed by atoms with E-state index in [4.69, 9.17) is 9.73 Å². The van der Waals surface area contributed by atoms with Gasteiger partial charge in [-0.1, -0.05) is 29.8 Å². The van der Waals surface area contributed by atoms with Crippen molar-refractivity contribution < 1.29 is 18.9 Å². The molecule has 3 aliphatic heterocycles. The van der Waals surface area contributed by atoms with E-state index in [-0.39, 0.29) is 11.9 Å². The molecule has 0 aliphatic carbocycles. The molecule has 36 heavy (non-hydrogen) atoms. The van der Waals surface area contributed by atoms with Gasteiger partial charge in [0.1, 0.15) is 18.8 Å². The molecule has 3 heterocycles. The number of amidine groups is 2. The predicted molar refractivity (Wildman–Crippen MR) is 139 cm³/mol. The first kappa shape index (κ1) is 24.0. The number of urea groups is 1. The number of benzene rings is 2. The zero-order valence-electron chi connectivity index (χ0n) is 21.3. The highest BCUT2D eigenvalue weighted by molar-refractivity contribution is 6.23. The van der Waals surface area contributed by atoms with Crippen molar-refractivity contribution in [2.75, 3.05) is 58.8 Å². The Morgan fingerprint density at radius 1 is 1.00 bits per heavy atom. The number of hydrogen-bond donors (Lipinski definition) is 0. The van der Waals surface area contributed by atoms with Crippen molar-refractivity contribution in [3.63, 3.8) is 0 Å². The first-order valence-electron chi connectivity index (χ1n) is 12.3. The van der Waals surface area contributed by atoms with Crippen LogP contribution in [0.5, 0.6) is 5.75 Å². The molecule has 3 amide bonds. The maximum Gasteiger partial charge on any atom is 0.333 e. The summed E-state index contributed by atoms with van der Waals surface area (Å²) in [6, 6.07) is 15.5. The third-order valence-electron chi connectivity index (χ3n) is 7.22. The third kappa shape index (κ3) is 4.46. The van der Waals surface area contributed by atoms with E-state index in [2.05, 4.69) is 51.6 Å². The number of likely N-dealkylation sites (N-methyl/N-ethyl adjacent to an activating group) is 2. The number of ether oxygens (including phenoxy) is 1. The highest BCUT2D eigenvalue weighted by Gasteiger charge is 2.53. The maximum absolute atomic E-state index is 13.2. The summed E-state index contributed by atoms with van der Waals surface area (Å²) >= 11 is 0. The zero-order valence-corrected chi connectivity index (χ0v) is 21.3. The van der Waals surface area contributed by atoms with Gasteiger partial charge >= 0.3 is 11.9 Å². The van der Waals surface area contributed by atoms with Crippen LogP contribution in [0.25, 0.3) is 0 Å². The van der Waals surface area contributed by atoms with Crippen LogP contribution in [0, 0.1) is 6.92 Å². The summed E-state index contributed by atoms with van der Waals surface area (Å²) < 4.78 is 7.35. The molecule has 188 valence electrons. The third-order valence-corrected chi connectivity index (χ3v) is 7.22. The van der Waals surface area contributed by atoms with E-state index in [1.54, 1.807) is 21.2 Å². The standard InChI is InChI=1S/C27H33N6O3/c1-19-6-5-7-20(16-19)17-33-23(28-25-24(33)26(34)30(3)27(35)29(25)2)18-31-12-14-32(15-13-31)21-8-10-22(36-4)11-9-21/h5-11,16,24H,12-15,17-18H2,1-4H3/q+1. The smallest absolute Gasteiger partial charge is 0.333 e. The molecule has 9 heteroatoms. The van der Waals surface area contributed by atoms with E-state index >= 15 is 0 Å². The molecule has 0 spiro atoms. The molecular formula is C27H33N6O3+. The normalized spacial score (nSPS) is 20.7. The summed E-state index contributed by atoms with van der Waals surface area (Å²) in [5, 5.41) is 0. The van der Waals surface area contributed by atoms with Crippen LogP contribution in [0.15, 0.2) is 53.5 Å². The molecule has 0 bridgehead atoms. The lowest BCUT2D eigenvalue weighted by molar-refractivity contribution is -0.552. The summed E-state index contributed by atoms with van der Waals surface area (Å²) in [5.74, 6) is 1.97. The van der Waals surface area contributed by atoms with Gasteiger partial charge in [-0.2, -0.15) is 0 Å². The summed E-state index contributed by atoms with van der Waals surface area (Å²) in [5.41, 5.74) is 3.47. The van der Waals surface area contributed by atoms with Gasteiger partial charge in [-0.05, 0) is 41.7 Å². The van der Waals surface area contributed by atoms with Gasteiger partial charge in [0.2, 0.25) is 0 Å². The lowest BCUT2D eigenvalue weighted by atomic mass is 10.1. The number of anilines is 1. The van der Waals surface area contributed by atoms with Gasteiger partial charge in [0.25, 0.3) is 17.8 Å². The number of amides is 3. The van der Waals surface area contributed by atoms with Crippen LogP contribution in [-0.2, 0) is 11.3 Å². The van der Waals surface area contributed by atoms with Crippen molar-refractivity contribution >= 4 is 29.3 Å². The Labute approximate surface area is 211 Å². The minimum Gasteiger partial charge on any atom is -0.497 e. The molecule has 1 unspecified atom stereocenters. The Morgan fingerprint density at radius 2 is 1.72 bits per heavy atom. The molecule has 2 aromatic carbocycles. The SMILES string of the molecule is COc1ccc(N2CCN(CC3=[N+](Cc4cccc(C)c4)C4C(=O)N(C)C(=O)N(C)C4=N3)CC2)cc1. The maximum atomic E-state index is 13.2. The monoisotopic (exact) mass is 489 g/mol. The lowest BCUT2D eigenvalue weighted by Crippen LogP contribution is -2.61. The van der Waals surface area contributed by atoms with Gasteiger partial charge in [0, 0.05) is 46.0 Å². The number of methoxy groups -OCH3 is 1. The van der Waals surface area contributed by atoms with E-state index in [0.29, 0.717) is 18.9 Å². The molecule has 0 N–H and O–H groups in total. The zero-order chi connectivity index (χ0) is 25.4. The van der Waals surface area contributed by atoms with E-state index in [1.165, 1.54) is 21.1 Å². The highest BCUT2D eigenvalue weighted by atomic mass is 16.5. The van der Waals surface area contributed by atoms with Crippen molar-refractivity contribution in [3.8, 4) is 5.75 Å². The van der Waals surface area contributed by atoms with E-state index in [1.807, 2.05) is 18.2 Å². The average molecular weight is 490 g/mol. The number of hydrogen-bond acceptors (Lipinski definition) is 6. The number of carbonyl (C=O) groups excluding carboxylic acids is 2. The Morgan fingerprint density at radius 3 is 2.39 bits per heavy atom. The lowest BCUT2D eigenvalue weighted by Gasteiger charge is -2.35. The van der Waals surface area contributed by atoms with Gasteiger partial charge in [0.15, 0.2) is 0 Å². The molecule has 3 aliphatic rings. The largest absolute Gasteiger partial charge is 0.497 e. The van der Waals surface area contributed by atoms with Crippen LogP contribution >= 0.6 is 0 Å². The van der Waals surface area contributed by atoms with E-state index < -0.39 is 6.04 Å². The molecule has 0 saturated carbocycles. The van der Waals surface area contributed by atoms with Crippen molar-refractivity contribution in [3.05, 3.63) is 59.7 Å². The Balaban J connectivity index is 1.37. The number of rotatable bonds is 6. The first-order chi connectivity index (χ1) is 17.4. The Kier molecular flexibility index (Phi) is 6.49. The molecular weight excluding hydrogens is 456 g/mol. The number of aryl methyl sites for hydroxylation is 1. The van der Waals surface area contributed by atoms with E-state index in [0.717, 1.165) is 43.3 Å². The van der Waals surface area contributed by atoms with Gasteiger partial charge in [0.05, 0.1) is 7.11 Å². The summed E-state index contributed by atoms with van der Waals surface area (Å²) in [6.07, 6.45) is 0. The topological polar surface area (TPSA) is 71.7 Å². The molecule has 2 fully saturated rings. The van der Waals surface area contributed by atoms with Crippen molar-refractivity contribution in [2.24, 2.45) is 4.99 Å². The molecule has 9 nitrogen and oxygen atoms in total. The number of aliphatic imine (C=N–C) groups is 1. The molecule has 0 radical (unpaired) electrons. The number of piperazine rings is 1. The Bertz CT molecular complexity index is 1230. The number of nitrogens with zero attached hydrogens (tertiary/aromatic N) is 6. The predicted octanol–water partition coefficient (Wildman–Crippen LogP) is 2.04.